The second kappa shape index (κ2) is 11.2. The Labute approximate surface area is 212 Å². The number of halogens is 2. The third kappa shape index (κ3) is 6.50. The lowest BCUT2D eigenvalue weighted by Crippen LogP contribution is -2.19. The standard InChI is InChI=1S/C28H22ClFN2O2S/c1-18-6-5-9-20(16-18)27(33)31-21-10-13-23(14-11-21)35-26(19-7-3-2-4-8-19)28(34)32-22-12-15-25(30)24(29)17-22/h2-17,26H,1H3,(H,31,33)(H,32,34). The van der Waals surface area contributed by atoms with Crippen LogP contribution in [0.2, 0.25) is 5.02 Å². The van der Waals surface area contributed by atoms with Gasteiger partial charge >= 0.3 is 0 Å². The number of carbonyl (C=O) groups is 2. The molecular formula is C28H22ClFN2O2S. The molecule has 1 unspecified atom stereocenters. The van der Waals surface area contributed by atoms with Gasteiger partial charge in [-0.2, -0.15) is 0 Å². The predicted molar refractivity (Wildman–Crippen MR) is 141 cm³/mol. The van der Waals surface area contributed by atoms with Gasteiger partial charge in [-0.25, -0.2) is 4.39 Å². The van der Waals surface area contributed by atoms with E-state index in [-0.39, 0.29) is 16.8 Å². The Morgan fingerprint density at radius 2 is 1.54 bits per heavy atom. The maximum absolute atomic E-state index is 13.5. The molecule has 0 saturated carbocycles. The molecule has 2 amide bonds. The zero-order valence-corrected chi connectivity index (χ0v) is 20.4. The Morgan fingerprint density at radius 1 is 0.829 bits per heavy atom. The molecule has 0 bridgehead atoms. The van der Waals surface area contributed by atoms with Crippen molar-refractivity contribution in [1.29, 1.82) is 0 Å². The Morgan fingerprint density at radius 3 is 2.23 bits per heavy atom. The molecule has 0 fully saturated rings. The lowest BCUT2D eigenvalue weighted by molar-refractivity contribution is -0.115. The highest BCUT2D eigenvalue weighted by atomic mass is 35.5. The third-order valence-corrected chi connectivity index (χ3v) is 6.73. The van der Waals surface area contributed by atoms with E-state index in [1.165, 1.54) is 30.0 Å². The fraction of sp³-hybridized carbons (Fsp3) is 0.0714. The average molecular weight is 505 g/mol. The van der Waals surface area contributed by atoms with Crippen molar-refractivity contribution in [2.75, 3.05) is 10.6 Å². The minimum Gasteiger partial charge on any atom is -0.325 e. The third-order valence-electron chi connectivity index (χ3n) is 5.17. The number of rotatable bonds is 7. The second-order valence-corrected chi connectivity index (χ2v) is 9.46. The second-order valence-electron chi connectivity index (χ2n) is 7.87. The highest BCUT2D eigenvalue weighted by Crippen LogP contribution is 2.37. The fourth-order valence-corrected chi connectivity index (χ4v) is 4.63. The number of aryl methyl sites for hydroxylation is 1. The zero-order valence-electron chi connectivity index (χ0n) is 18.8. The molecule has 4 aromatic carbocycles. The highest BCUT2D eigenvalue weighted by molar-refractivity contribution is 8.00. The van der Waals surface area contributed by atoms with Crippen LogP contribution in [0, 0.1) is 12.7 Å². The maximum Gasteiger partial charge on any atom is 0.255 e. The average Bonchev–Trinajstić information content (AvgIpc) is 2.86. The summed E-state index contributed by atoms with van der Waals surface area (Å²) < 4.78 is 13.5. The number of benzene rings is 4. The molecule has 0 aliphatic rings. The number of nitrogens with one attached hydrogen (secondary N) is 2. The molecule has 0 aromatic heterocycles. The number of anilines is 2. The first-order chi connectivity index (χ1) is 16.9. The Balaban J connectivity index is 1.49. The van der Waals surface area contributed by atoms with E-state index in [1.54, 1.807) is 18.2 Å². The molecule has 0 spiro atoms. The molecule has 0 saturated heterocycles. The van der Waals surface area contributed by atoms with Gasteiger partial charge in [-0.05, 0) is 67.1 Å². The Bertz CT molecular complexity index is 1350. The molecule has 1 atom stereocenters. The monoisotopic (exact) mass is 504 g/mol. The van der Waals surface area contributed by atoms with Crippen LogP contribution >= 0.6 is 23.4 Å². The summed E-state index contributed by atoms with van der Waals surface area (Å²) in [6, 6.07) is 28.1. The van der Waals surface area contributed by atoms with Crippen molar-refractivity contribution in [1.82, 2.24) is 0 Å². The van der Waals surface area contributed by atoms with Crippen LogP contribution < -0.4 is 10.6 Å². The summed E-state index contributed by atoms with van der Waals surface area (Å²) >= 11 is 7.23. The van der Waals surface area contributed by atoms with Crippen molar-refractivity contribution < 1.29 is 14.0 Å². The molecule has 0 aliphatic heterocycles. The van der Waals surface area contributed by atoms with Gasteiger partial charge in [0.2, 0.25) is 5.91 Å². The number of hydrogen-bond donors (Lipinski definition) is 2. The van der Waals surface area contributed by atoms with E-state index in [0.29, 0.717) is 16.9 Å². The van der Waals surface area contributed by atoms with Crippen LogP contribution in [0.25, 0.3) is 0 Å². The van der Waals surface area contributed by atoms with Crippen LogP contribution in [-0.2, 0) is 4.79 Å². The van der Waals surface area contributed by atoms with Gasteiger partial charge in [-0.1, -0.05) is 59.6 Å². The van der Waals surface area contributed by atoms with Crippen molar-refractivity contribution >= 4 is 46.6 Å². The molecule has 0 radical (unpaired) electrons. The molecule has 35 heavy (non-hydrogen) atoms. The zero-order chi connectivity index (χ0) is 24.8. The van der Waals surface area contributed by atoms with Gasteiger partial charge in [0, 0.05) is 21.8 Å². The van der Waals surface area contributed by atoms with Crippen LogP contribution in [0.5, 0.6) is 0 Å². The fourth-order valence-electron chi connectivity index (χ4n) is 3.42. The lowest BCUT2D eigenvalue weighted by Gasteiger charge is -2.17. The Kier molecular flexibility index (Phi) is 7.85. The largest absolute Gasteiger partial charge is 0.325 e. The van der Waals surface area contributed by atoms with Crippen molar-refractivity contribution in [2.45, 2.75) is 17.1 Å². The van der Waals surface area contributed by atoms with Gasteiger partial charge in [0.1, 0.15) is 11.1 Å². The summed E-state index contributed by atoms with van der Waals surface area (Å²) in [6.45, 7) is 1.94. The molecule has 7 heteroatoms. The van der Waals surface area contributed by atoms with Gasteiger partial charge < -0.3 is 10.6 Å². The van der Waals surface area contributed by atoms with Crippen molar-refractivity contribution in [3.8, 4) is 0 Å². The quantitative estimate of drug-likeness (QED) is 0.256. The summed E-state index contributed by atoms with van der Waals surface area (Å²) in [4.78, 5) is 26.6. The molecule has 2 N–H and O–H groups in total. The number of hydrogen-bond acceptors (Lipinski definition) is 3. The molecule has 4 rings (SSSR count). The van der Waals surface area contributed by atoms with Crippen molar-refractivity contribution in [3.05, 3.63) is 125 Å². The highest BCUT2D eigenvalue weighted by Gasteiger charge is 2.22. The number of amides is 2. The maximum atomic E-state index is 13.5. The minimum atomic E-state index is -0.562. The number of thioether (sulfide) groups is 1. The van der Waals surface area contributed by atoms with E-state index in [9.17, 15) is 14.0 Å². The van der Waals surface area contributed by atoms with E-state index >= 15 is 0 Å². The van der Waals surface area contributed by atoms with Crippen molar-refractivity contribution in [3.63, 3.8) is 0 Å². The minimum absolute atomic E-state index is 0.0602. The smallest absolute Gasteiger partial charge is 0.255 e. The first-order valence-electron chi connectivity index (χ1n) is 10.8. The molecule has 4 aromatic rings. The van der Waals surface area contributed by atoms with Crippen LogP contribution in [0.3, 0.4) is 0 Å². The van der Waals surface area contributed by atoms with Crippen LogP contribution in [-0.4, -0.2) is 11.8 Å². The summed E-state index contributed by atoms with van der Waals surface area (Å²) in [7, 11) is 0. The first kappa shape index (κ1) is 24.5. The number of carbonyl (C=O) groups excluding carboxylic acids is 2. The van der Waals surface area contributed by atoms with Gasteiger partial charge in [-0.15, -0.1) is 11.8 Å². The molecular weight excluding hydrogens is 483 g/mol. The molecule has 4 nitrogen and oxygen atoms in total. The Hall–Kier alpha value is -3.61. The van der Waals surface area contributed by atoms with E-state index in [0.717, 1.165) is 16.0 Å². The first-order valence-corrected chi connectivity index (χ1v) is 12.1. The summed E-state index contributed by atoms with van der Waals surface area (Å²) in [6.07, 6.45) is 0. The van der Waals surface area contributed by atoms with Gasteiger partial charge in [-0.3, -0.25) is 9.59 Å². The van der Waals surface area contributed by atoms with Crippen molar-refractivity contribution in [2.24, 2.45) is 0 Å². The topological polar surface area (TPSA) is 58.2 Å². The van der Waals surface area contributed by atoms with Crippen LogP contribution in [0.1, 0.15) is 26.7 Å². The summed E-state index contributed by atoms with van der Waals surface area (Å²) in [5, 5.41) is 5.09. The normalized spacial score (nSPS) is 11.5. The lowest BCUT2D eigenvalue weighted by atomic mass is 10.1. The van der Waals surface area contributed by atoms with E-state index in [4.69, 9.17) is 11.6 Å². The summed E-state index contributed by atoms with van der Waals surface area (Å²) in [5.74, 6) is -0.998. The van der Waals surface area contributed by atoms with Gasteiger partial charge in [0.05, 0.1) is 5.02 Å². The van der Waals surface area contributed by atoms with Crippen LogP contribution in [0.15, 0.2) is 102 Å². The molecule has 0 heterocycles. The van der Waals surface area contributed by atoms with E-state index in [1.807, 2.05) is 67.6 Å². The van der Waals surface area contributed by atoms with E-state index < -0.39 is 11.1 Å². The summed E-state index contributed by atoms with van der Waals surface area (Å²) in [5.41, 5.74) is 3.49. The predicted octanol–water partition coefficient (Wildman–Crippen LogP) is 7.51. The molecule has 0 aliphatic carbocycles. The SMILES string of the molecule is Cc1cccc(C(=O)Nc2ccc(SC(C(=O)Nc3ccc(F)c(Cl)c3)c3ccccc3)cc2)c1. The van der Waals surface area contributed by atoms with Gasteiger partial charge in [0.15, 0.2) is 0 Å². The van der Waals surface area contributed by atoms with E-state index in [2.05, 4.69) is 10.6 Å². The van der Waals surface area contributed by atoms with Gasteiger partial charge in [0.25, 0.3) is 5.91 Å². The molecule has 176 valence electrons. The van der Waals surface area contributed by atoms with Crippen LogP contribution in [0.4, 0.5) is 15.8 Å².